The normalized spacial score (nSPS) is 25.2. The Morgan fingerprint density at radius 3 is 2.65 bits per heavy atom. The van der Waals surface area contributed by atoms with Crippen molar-refractivity contribution in [3.05, 3.63) is 34.9 Å². The number of nitrogens with one attached hydrogen (secondary N) is 2. The largest absolute Gasteiger partial charge is 0.349 e. The Kier molecular flexibility index (Phi) is 3.74. The van der Waals surface area contributed by atoms with E-state index in [1.807, 2.05) is 31.2 Å². The van der Waals surface area contributed by atoms with Crippen LogP contribution in [0.5, 0.6) is 0 Å². The third-order valence-electron chi connectivity index (χ3n) is 4.83. The number of carbonyl (C=O) groups is 1. The smallest absolute Gasteiger partial charge is 0.224 e. The molecule has 0 radical (unpaired) electrons. The lowest BCUT2D eigenvalue weighted by Gasteiger charge is -2.23. The second-order valence-corrected chi connectivity index (χ2v) is 6.59. The van der Waals surface area contributed by atoms with E-state index in [0.717, 1.165) is 42.9 Å². The van der Waals surface area contributed by atoms with Crippen molar-refractivity contribution >= 4 is 17.5 Å². The van der Waals surface area contributed by atoms with Crippen molar-refractivity contribution in [2.24, 2.45) is 11.3 Å². The number of hydrogen-bond donors (Lipinski definition) is 2. The van der Waals surface area contributed by atoms with E-state index in [9.17, 15) is 4.79 Å². The van der Waals surface area contributed by atoms with Crippen molar-refractivity contribution in [1.29, 1.82) is 0 Å². The van der Waals surface area contributed by atoms with E-state index in [-0.39, 0.29) is 17.9 Å². The fourth-order valence-corrected chi connectivity index (χ4v) is 3.47. The van der Waals surface area contributed by atoms with Gasteiger partial charge in [0.25, 0.3) is 0 Å². The Balaban J connectivity index is 1.58. The maximum absolute atomic E-state index is 12.4. The van der Waals surface area contributed by atoms with Gasteiger partial charge in [-0.3, -0.25) is 4.79 Å². The monoisotopic (exact) mass is 292 g/mol. The highest BCUT2D eigenvalue weighted by Crippen LogP contribution is 2.58. The summed E-state index contributed by atoms with van der Waals surface area (Å²) in [6.45, 7) is 4.13. The minimum atomic E-state index is 0.0409. The van der Waals surface area contributed by atoms with Crippen LogP contribution in [-0.2, 0) is 4.79 Å². The third kappa shape index (κ3) is 2.70. The fraction of sp³-hybridized carbons (Fsp3) is 0.562. The predicted octanol–water partition coefficient (Wildman–Crippen LogP) is 2.91. The van der Waals surface area contributed by atoms with Gasteiger partial charge in [0, 0.05) is 10.9 Å². The van der Waals surface area contributed by atoms with Gasteiger partial charge in [-0.15, -0.1) is 0 Å². The Morgan fingerprint density at radius 2 is 2.00 bits per heavy atom. The van der Waals surface area contributed by atoms with Gasteiger partial charge in [-0.25, -0.2) is 0 Å². The lowest BCUT2D eigenvalue weighted by molar-refractivity contribution is -0.123. The fourth-order valence-electron chi connectivity index (χ4n) is 3.34. The van der Waals surface area contributed by atoms with E-state index < -0.39 is 0 Å². The highest BCUT2D eigenvalue weighted by molar-refractivity contribution is 6.30. The number of benzene rings is 1. The van der Waals surface area contributed by atoms with Gasteiger partial charge < -0.3 is 10.6 Å². The zero-order chi connectivity index (χ0) is 14.2. The maximum Gasteiger partial charge on any atom is 0.224 e. The van der Waals surface area contributed by atoms with Crippen LogP contribution in [0.2, 0.25) is 5.02 Å². The molecule has 1 spiro atoms. The number of amides is 1. The Bertz CT molecular complexity index is 494. The first-order chi connectivity index (χ1) is 9.61. The molecule has 1 amide bonds. The molecule has 20 heavy (non-hydrogen) atoms. The number of hydrogen-bond acceptors (Lipinski definition) is 2. The SMILES string of the molecule is C[C@H](NC(=O)C1CC12CCNCC2)c1ccc(Cl)cc1. The van der Waals surface area contributed by atoms with Crippen LogP contribution >= 0.6 is 11.6 Å². The summed E-state index contributed by atoms with van der Waals surface area (Å²) >= 11 is 5.89. The summed E-state index contributed by atoms with van der Waals surface area (Å²) in [6.07, 6.45) is 3.34. The summed E-state index contributed by atoms with van der Waals surface area (Å²) in [5.74, 6) is 0.439. The molecule has 4 heteroatoms. The lowest BCUT2D eigenvalue weighted by Crippen LogP contribution is -2.34. The van der Waals surface area contributed by atoms with Gasteiger partial charge in [-0.05, 0) is 62.4 Å². The van der Waals surface area contributed by atoms with E-state index in [4.69, 9.17) is 11.6 Å². The first kappa shape index (κ1) is 13.9. The first-order valence-electron chi connectivity index (χ1n) is 7.37. The Morgan fingerprint density at radius 1 is 1.35 bits per heavy atom. The van der Waals surface area contributed by atoms with Crippen LogP contribution < -0.4 is 10.6 Å². The molecule has 1 saturated carbocycles. The second-order valence-electron chi connectivity index (χ2n) is 6.15. The van der Waals surface area contributed by atoms with Crippen LogP contribution in [0.4, 0.5) is 0 Å². The van der Waals surface area contributed by atoms with Gasteiger partial charge >= 0.3 is 0 Å². The summed E-state index contributed by atoms with van der Waals surface area (Å²) in [6, 6.07) is 7.72. The molecule has 2 fully saturated rings. The first-order valence-corrected chi connectivity index (χ1v) is 7.75. The molecule has 1 saturated heterocycles. The van der Waals surface area contributed by atoms with Crippen LogP contribution in [0.15, 0.2) is 24.3 Å². The molecule has 1 unspecified atom stereocenters. The topological polar surface area (TPSA) is 41.1 Å². The van der Waals surface area contributed by atoms with E-state index >= 15 is 0 Å². The minimum absolute atomic E-state index is 0.0409. The Hall–Kier alpha value is -1.06. The molecule has 2 N–H and O–H groups in total. The molecule has 1 heterocycles. The lowest BCUT2D eigenvalue weighted by atomic mass is 9.91. The molecular weight excluding hydrogens is 272 g/mol. The quantitative estimate of drug-likeness (QED) is 0.899. The van der Waals surface area contributed by atoms with E-state index in [0.29, 0.717) is 5.41 Å². The van der Waals surface area contributed by atoms with Crippen LogP contribution in [0.3, 0.4) is 0 Å². The number of piperidine rings is 1. The van der Waals surface area contributed by atoms with Crippen LogP contribution in [0.1, 0.15) is 37.8 Å². The Labute approximate surface area is 125 Å². The molecule has 3 nitrogen and oxygen atoms in total. The summed E-state index contributed by atoms with van der Waals surface area (Å²) in [5.41, 5.74) is 1.40. The van der Waals surface area contributed by atoms with E-state index in [1.165, 1.54) is 0 Å². The molecule has 2 atom stereocenters. The summed E-state index contributed by atoms with van der Waals surface area (Å²) in [7, 11) is 0. The molecule has 1 aromatic rings. The molecule has 1 aliphatic heterocycles. The average molecular weight is 293 g/mol. The van der Waals surface area contributed by atoms with Crippen molar-refractivity contribution in [3.8, 4) is 0 Å². The summed E-state index contributed by atoms with van der Waals surface area (Å²) in [4.78, 5) is 12.4. The van der Waals surface area contributed by atoms with Gasteiger partial charge in [0.1, 0.15) is 0 Å². The maximum atomic E-state index is 12.4. The highest BCUT2D eigenvalue weighted by Gasteiger charge is 2.57. The second kappa shape index (κ2) is 5.38. The molecule has 0 aromatic heterocycles. The number of carbonyl (C=O) groups excluding carboxylic acids is 1. The van der Waals surface area contributed by atoms with Crippen molar-refractivity contribution in [2.75, 3.05) is 13.1 Å². The standard InChI is InChI=1S/C16H21ClN2O/c1-11(12-2-4-13(17)5-3-12)19-15(20)14-10-16(14)6-8-18-9-7-16/h2-5,11,14,18H,6-10H2,1H3,(H,19,20)/t11-,14?/m0/s1. The predicted molar refractivity (Wildman–Crippen MR) is 80.7 cm³/mol. The average Bonchev–Trinajstić information content (AvgIpc) is 3.14. The molecule has 1 aromatic carbocycles. The van der Waals surface area contributed by atoms with Gasteiger partial charge in [0.2, 0.25) is 5.91 Å². The van der Waals surface area contributed by atoms with E-state index in [1.54, 1.807) is 0 Å². The van der Waals surface area contributed by atoms with Gasteiger partial charge in [-0.1, -0.05) is 23.7 Å². The van der Waals surface area contributed by atoms with Crippen molar-refractivity contribution in [2.45, 2.75) is 32.2 Å². The van der Waals surface area contributed by atoms with Crippen LogP contribution in [0, 0.1) is 11.3 Å². The molecule has 0 bridgehead atoms. The molecule has 1 aliphatic carbocycles. The molecule has 2 aliphatic rings. The van der Waals surface area contributed by atoms with Gasteiger partial charge in [-0.2, -0.15) is 0 Å². The number of halogens is 1. The number of rotatable bonds is 3. The van der Waals surface area contributed by atoms with Gasteiger partial charge in [0.05, 0.1) is 6.04 Å². The van der Waals surface area contributed by atoms with Crippen molar-refractivity contribution in [1.82, 2.24) is 10.6 Å². The summed E-state index contributed by atoms with van der Waals surface area (Å²) in [5, 5.41) is 7.24. The van der Waals surface area contributed by atoms with Gasteiger partial charge in [0.15, 0.2) is 0 Å². The van der Waals surface area contributed by atoms with Crippen LogP contribution in [-0.4, -0.2) is 19.0 Å². The zero-order valence-electron chi connectivity index (χ0n) is 11.8. The third-order valence-corrected chi connectivity index (χ3v) is 5.09. The summed E-state index contributed by atoms with van der Waals surface area (Å²) < 4.78 is 0. The molecule has 108 valence electrons. The molecular formula is C16H21ClN2O. The van der Waals surface area contributed by atoms with E-state index in [2.05, 4.69) is 10.6 Å². The van der Waals surface area contributed by atoms with Crippen molar-refractivity contribution in [3.63, 3.8) is 0 Å². The van der Waals surface area contributed by atoms with Crippen molar-refractivity contribution < 1.29 is 4.79 Å². The molecule has 3 rings (SSSR count). The van der Waals surface area contributed by atoms with Crippen LogP contribution in [0.25, 0.3) is 0 Å². The zero-order valence-corrected chi connectivity index (χ0v) is 12.5. The highest BCUT2D eigenvalue weighted by atomic mass is 35.5. The minimum Gasteiger partial charge on any atom is -0.349 e.